The summed E-state index contributed by atoms with van der Waals surface area (Å²) >= 11 is 5.80. The third kappa shape index (κ3) is 5.98. The van der Waals surface area contributed by atoms with Gasteiger partial charge in [0.15, 0.2) is 6.61 Å². The molecular weight excluding hydrogens is 457 g/mol. The van der Waals surface area contributed by atoms with Gasteiger partial charge in [-0.3, -0.25) is 4.72 Å². The van der Waals surface area contributed by atoms with Gasteiger partial charge >= 0.3 is 6.18 Å². The molecule has 29 heavy (non-hydrogen) atoms. The number of anilines is 1. The van der Waals surface area contributed by atoms with E-state index in [-0.39, 0.29) is 26.3 Å². The first-order valence-corrected chi connectivity index (χ1v) is 11.1. The van der Waals surface area contributed by atoms with E-state index in [0.29, 0.717) is 0 Å². The number of halogens is 4. The molecule has 0 radical (unpaired) electrons. The molecule has 13 heteroatoms. The van der Waals surface area contributed by atoms with Crippen molar-refractivity contribution in [2.75, 3.05) is 25.4 Å². The van der Waals surface area contributed by atoms with E-state index < -0.39 is 32.8 Å². The number of ether oxygens (including phenoxy) is 1. The molecule has 0 spiro atoms. The zero-order valence-corrected chi connectivity index (χ0v) is 17.5. The highest BCUT2D eigenvalue weighted by Gasteiger charge is 2.29. The minimum atomic E-state index is -4.62. The summed E-state index contributed by atoms with van der Waals surface area (Å²) in [6.07, 6.45) is -4.62. The Hall–Kier alpha value is -2.02. The van der Waals surface area contributed by atoms with Crippen LogP contribution in [0.5, 0.6) is 5.75 Å². The van der Waals surface area contributed by atoms with Gasteiger partial charge in [-0.1, -0.05) is 11.6 Å². The topological polar surface area (TPSA) is 92.8 Å². The molecule has 0 saturated heterocycles. The van der Waals surface area contributed by atoms with E-state index in [1.165, 1.54) is 20.2 Å². The Labute approximate surface area is 171 Å². The Balaban J connectivity index is 2.33. The highest BCUT2D eigenvalue weighted by atomic mass is 35.5. The van der Waals surface area contributed by atoms with Crippen LogP contribution < -0.4 is 9.46 Å². The number of hydrogen-bond donors (Lipinski definition) is 1. The fourth-order valence-electron chi connectivity index (χ4n) is 2.07. The number of alkyl halides is 3. The SMILES string of the molecule is CN(C)S(=O)(=O)c1ccc(S(=O)(=O)Nc2cc(Cl)ccc2OCC(F)(F)F)cc1. The van der Waals surface area contributed by atoms with Crippen LogP contribution in [-0.2, 0) is 20.0 Å². The maximum atomic E-state index is 12.6. The van der Waals surface area contributed by atoms with Crippen LogP contribution in [-0.4, -0.2) is 48.0 Å². The van der Waals surface area contributed by atoms with Crippen molar-refractivity contribution in [3.8, 4) is 5.75 Å². The number of sulfonamides is 2. The molecule has 0 aliphatic rings. The van der Waals surface area contributed by atoms with Crippen molar-refractivity contribution in [1.29, 1.82) is 0 Å². The van der Waals surface area contributed by atoms with Crippen molar-refractivity contribution in [1.82, 2.24) is 4.31 Å². The molecule has 2 aromatic rings. The summed E-state index contributed by atoms with van der Waals surface area (Å²) in [5.41, 5.74) is -0.299. The second-order valence-corrected chi connectivity index (χ2v) is 10.2. The van der Waals surface area contributed by atoms with Crippen molar-refractivity contribution in [3.05, 3.63) is 47.5 Å². The van der Waals surface area contributed by atoms with E-state index in [1.807, 2.05) is 0 Å². The average Bonchev–Trinajstić information content (AvgIpc) is 2.60. The molecule has 0 bridgehead atoms. The zero-order valence-electron chi connectivity index (χ0n) is 15.1. The minimum absolute atomic E-state index is 0.0643. The van der Waals surface area contributed by atoms with Gasteiger partial charge in [-0.05, 0) is 42.5 Å². The van der Waals surface area contributed by atoms with Crippen LogP contribution in [0, 0.1) is 0 Å². The lowest BCUT2D eigenvalue weighted by Gasteiger charge is -2.15. The maximum Gasteiger partial charge on any atom is 0.422 e. The number of benzene rings is 2. The number of rotatable bonds is 7. The molecule has 0 aliphatic heterocycles. The molecule has 160 valence electrons. The summed E-state index contributed by atoms with van der Waals surface area (Å²) in [4.78, 5) is -0.435. The minimum Gasteiger partial charge on any atom is -0.482 e. The Bertz CT molecular complexity index is 1090. The molecule has 0 aromatic heterocycles. The van der Waals surface area contributed by atoms with Crippen LogP contribution in [0.2, 0.25) is 5.02 Å². The van der Waals surface area contributed by atoms with Crippen LogP contribution in [0.25, 0.3) is 0 Å². The van der Waals surface area contributed by atoms with Crippen molar-refractivity contribution >= 4 is 37.3 Å². The van der Waals surface area contributed by atoms with Gasteiger partial charge in [-0.15, -0.1) is 0 Å². The molecule has 7 nitrogen and oxygen atoms in total. The van der Waals surface area contributed by atoms with Gasteiger partial charge in [0.1, 0.15) is 5.75 Å². The third-order valence-electron chi connectivity index (χ3n) is 3.49. The standard InChI is InChI=1S/C16H16ClF3N2O5S2/c1-22(2)29(25,26)13-6-4-12(5-7-13)28(23,24)21-14-9-11(17)3-8-15(14)27-10-16(18,19)20/h3-9,21H,10H2,1-2H3. The number of hydrogen-bond acceptors (Lipinski definition) is 5. The second-order valence-electron chi connectivity index (χ2n) is 5.91. The predicted octanol–water partition coefficient (Wildman–Crippen LogP) is 3.33. The van der Waals surface area contributed by atoms with Crippen LogP contribution >= 0.6 is 11.6 Å². The van der Waals surface area contributed by atoms with E-state index in [4.69, 9.17) is 11.6 Å². The lowest BCUT2D eigenvalue weighted by atomic mass is 10.3. The summed E-state index contributed by atoms with van der Waals surface area (Å²) in [5.74, 6) is -0.373. The normalized spacial score (nSPS) is 12.8. The van der Waals surface area contributed by atoms with Crippen molar-refractivity contribution in [3.63, 3.8) is 0 Å². The molecule has 0 unspecified atom stereocenters. The first-order valence-electron chi connectivity index (χ1n) is 7.77. The predicted molar refractivity (Wildman–Crippen MR) is 101 cm³/mol. The molecule has 0 saturated carbocycles. The van der Waals surface area contributed by atoms with Crippen LogP contribution in [0.4, 0.5) is 18.9 Å². The first kappa shape index (κ1) is 23.3. The van der Waals surface area contributed by atoms with Crippen molar-refractivity contribution in [2.45, 2.75) is 16.0 Å². The highest BCUT2D eigenvalue weighted by molar-refractivity contribution is 7.92. The quantitative estimate of drug-likeness (QED) is 0.667. The van der Waals surface area contributed by atoms with Gasteiger partial charge in [0.05, 0.1) is 15.5 Å². The molecule has 0 heterocycles. The second kappa shape index (κ2) is 8.38. The summed E-state index contributed by atoms with van der Waals surface area (Å²) < 4.78 is 94.2. The van der Waals surface area contributed by atoms with E-state index in [9.17, 15) is 30.0 Å². The van der Waals surface area contributed by atoms with E-state index in [2.05, 4.69) is 9.46 Å². The Morgan fingerprint density at radius 3 is 2.07 bits per heavy atom. The van der Waals surface area contributed by atoms with E-state index in [1.54, 1.807) is 0 Å². The van der Waals surface area contributed by atoms with Crippen LogP contribution in [0.1, 0.15) is 0 Å². The fraction of sp³-hybridized carbons (Fsp3) is 0.250. The van der Waals surface area contributed by atoms with Crippen molar-refractivity contribution in [2.24, 2.45) is 0 Å². The molecule has 2 rings (SSSR count). The monoisotopic (exact) mass is 472 g/mol. The van der Waals surface area contributed by atoms with Crippen molar-refractivity contribution < 1.29 is 34.7 Å². The highest BCUT2D eigenvalue weighted by Crippen LogP contribution is 2.31. The fourth-order valence-corrected chi connectivity index (χ4v) is 4.21. The maximum absolute atomic E-state index is 12.6. The summed E-state index contributed by atoms with van der Waals surface area (Å²) in [6.45, 7) is -1.62. The zero-order chi connectivity index (χ0) is 22.0. The molecule has 2 aromatic carbocycles. The van der Waals surface area contributed by atoms with Crippen LogP contribution in [0.3, 0.4) is 0 Å². The molecule has 0 amide bonds. The van der Waals surface area contributed by atoms with Gasteiger partial charge in [-0.25, -0.2) is 21.1 Å². The van der Waals surface area contributed by atoms with Gasteiger partial charge in [-0.2, -0.15) is 13.2 Å². The number of nitrogens with one attached hydrogen (secondary N) is 1. The summed E-state index contributed by atoms with van der Waals surface area (Å²) in [6, 6.07) is 7.74. The van der Waals surface area contributed by atoms with Gasteiger partial charge in [0, 0.05) is 19.1 Å². The van der Waals surface area contributed by atoms with Gasteiger partial charge in [0.2, 0.25) is 10.0 Å². The van der Waals surface area contributed by atoms with Gasteiger partial charge < -0.3 is 4.74 Å². The van der Waals surface area contributed by atoms with E-state index >= 15 is 0 Å². The Morgan fingerprint density at radius 2 is 1.55 bits per heavy atom. The Morgan fingerprint density at radius 1 is 1.00 bits per heavy atom. The Kier molecular flexibility index (Phi) is 6.72. The molecule has 0 aliphatic carbocycles. The number of nitrogens with zero attached hydrogens (tertiary/aromatic N) is 1. The smallest absolute Gasteiger partial charge is 0.422 e. The van der Waals surface area contributed by atoms with Gasteiger partial charge in [0.25, 0.3) is 10.0 Å². The largest absolute Gasteiger partial charge is 0.482 e. The lowest BCUT2D eigenvalue weighted by Crippen LogP contribution is -2.22. The third-order valence-corrected chi connectivity index (χ3v) is 6.94. The average molecular weight is 473 g/mol. The molecular formula is C16H16ClF3N2O5S2. The molecule has 0 atom stereocenters. The molecule has 1 N–H and O–H groups in total. The summed E-state index contributed by atoms with van der Waals surface area (Å²) in [5, 5.41) is 0.0643. The summed E-state index contributed by atoms with van der Waals surface area (Å²) in [7, 11) is -5.38. The molecule has 0 fully saturated rings. The lowest BCUT2D eigenvalue weighted by molar-refractivity contribution is -0.153. The van der Waals surface area contributed by atoms with E-state index in [0.717, 1.165) is 40.7 Å². The van der Waals surface area contributed by atoms with Crippen LogP contribution in [0.15, 0.2) is 52.3 Å². The first-order chi connectivity index (χ1) is 13.2.